The van der Waals surface area contributed by atoms with Crippen molar-refractivity contribution in [1.82, 2.24) is 0 Å². The first-order valence-corrected chi connectivity index (χ1v) is 3.62. The Morgan fingerprint density at radius 3 is 2.75 bits per heavy atom. The molecular formula is C9H9FN2. The van der Waals surface area contributed by atoms with E-state index in [0.717, 1.165) is 5.56 Å². The van der Waals surface area contributed by atoms with Gasteiger partial charge in [0.25, 0.3) is 0 Å². The number of hydrogen-bond acceptors (Lipinski definition) is 2. The molecule has 1 aromatic rings. The van der Waals surface area contributed by atoms with Crippen molar-refractivity contribution in [3.63, 3.8) is 0 Å². The van der Waals surface area contributed by atoms with Gasteiger partial charge in [-0.05, 0) is 23.3 Å². The quantitative estimate of drug-likeness (QED) is 0.717. The van der Waals surface area contributed by atoms with Crippen LogP contribution in [0.1, 0.15) is 11.1 Å². The van der Waals surface area contributed by atoms with Gasteiger partial charge >= 0.3 is 0 Å². The third-order valence-corrected chi connectivity index (χ3v) is 1.66. The summed E-state index contributed by atoms with van der Waals surface area (Å²) in [5, 5.41) is 8.42. The van der Waals surface area contributed by atoms with Crippen molar-refractivity contribution in [2.24, 2.45) is 5.73 Å². The monoisotopic (exact) mass is 164 g/mol. The topological polar surface area (TPSA) is 49.8 Å². The summed E-state index contributed by atoms with van der Waals surface area (Å²) in [4.78, 5) is 0. The van der Waals surface area contributed by atoms with E-state index in [1.165, 1.54) is 12.1 Å². The molecule has 0 saturated heterocycles. The number of nitrogens with zero attached hydrogens (tertiary/aromatic N) is 1. The van der Waals surface area contributed by atoms with Crippen LogP contribution in [0.15, 0.2) is 18.2 Å². The van der Waals surface area contributed by atoms with Crippen LogP contribution in [0, 0.1) is 17.1 Å². The minimum absolute atomic E-state index is 0.273. The zero-order valence-electron chi connectivity index (χ0n) is 6.55. The third kappa shape index (κ3) is 1.80. The molecule has 0 spiro atoms. The molecule has 0 saturated carbocycles. The van der Waals surface area contributed by atoms with E-state index >= 15 is 0 Å². The molecule has 0 amide bonds. The van der Waals surface area contributed by atoms with Crippen molar-refractivity contribution >= 4 is 0 Å². The molecule has 0 radical (unpaired) electrons. The Balaban J connectivity index is 3.04. The van der Waals surface area contributed by atoms with E-state index in [1.54, 1.807) is 6.07 Å². The Kier molecular flexibility index (Phi) is 2.78. The zero-order chi connectivity index (χ0) is 8.97. The van der Waals surface area contributed by atoms with E-state index < -0.39 is 0 Å². The molecule has 2 nitrogen and oxygen atoms in total. The van der Waals surface area contributed by atoms with Gasteiger partial charge < -0.3 is 5.73 Å². The average molecular weight is 164 g/mol. The van der Waals surface area contributed by atoms with E-state index in [-0.39, 0.29) is 18.8 Å². The highest BCUT2D eigenvalue weighted by Gasteiger charge is 2.01. The van der Waals surface area contributed by atoms with Gasteiger partial charge in [0.1, 0.15) is 5.82 Å². The number of hydrogen-bond donors (Lipinski definition) is 1. The number of nitrogens with two attached hydrogens (primary N) is 1. The van der Waals surface area contributed by atoms with Crippen molar-refractivity contribution in [3.05, 3.63) is 35.1 Å². The number of benzene rings is 1. The molecule has 0 heterocycles. The number of nitriles is 1. The van der Waals surface area contributed by atoms with E-state index in [9.17, 15) is 4.39 Å². The Morgan fingerprint density at radius 2 is 2.17 bits per heavy atom. The molecule has 62 valence electrons. The van der Waals surface area contributed by atoms with Crippen molar-refractivity contribution in [2.45, 2.75) is 13.0 Å². The lowest BCUT2D eigenvalue weighted by Gasteiger charge is -2.02. The zero-order valence-corrected chi connectivity index (χ0v) is 6.55. The second-order valence-electron chi connectivity index (χ2n) is 2.45. The molecule has 12 heavy (non-hydrogen) atoms. The first-order valence-electron chi connectivity index (χ1n) is 3.62. The van der Waals surface area contributed by atoms with Gasteiger partial charge in [0.2, 0.25) is 0 Å². The lowest BCUT2D eigenvalue weighted by molar-refractivity contribution is 0.624. The average Bonchev–Trinajstić information content (AvgIpc) is 2.08. The van der Waals surface area contributed by atoms with Crippen LogP contribution in [0.4, 0.5) is 4.39 Å². The standard InChI is InChI=1S/C9H9FN2/c10-9-2-1-7(3-4-11)8(5-9)6-12/h1-2,5H,3,6,12H2. The van der Waals surface area contributed by atoms with Crippen LogP contribution < -0.4 is 5.73 Å². The molecule has 0 aromatic heterocycles. The maximum atomic E-state index is 12.6. The summed E-state index contributed by atoms with van der Waals surface area (Å²) in [5.74, 6) is -0.308. The Hall–Kier alpha value is -1.40. The normalized spacial score (nSPS) is 9.42. The lowest BCUT2D eigenvalue weighted by Crippen LogP contribution is -2.01. The van der Waals surface area contributed by atoms with Crippen molar-refractivity contribution in [3.8, 4) is 6.07 Å². The van der Waals surface area contributed by atoms with Gasteiger partial charge in [0, 0.05) is 6.54 Å². The largest absolute Gasteiger partial charge is 0.326 e. The minimum atomic E-state index is -0.308. The summed E-state index contributed by atoms with van der Waals surface area (Å²) in [6.07, 6.45) is 0.285. The van der Waals surface area contributed by atoms with Crippen LogP contribution in [-0.2, 0) is 13.0 Å². The van der Waals surface area contributed by atoms with E-state index in [1.807, 2.05) is 6.07 Å². The Labute approximate surface area is 70.4 Å². The smallest absolute Gasteiger partial charge is 0.123 e. The maximum Gasteiger partial charge on any atom is 0.123 e. The predicted octanol–water partition coefficient (Wildman–Crippen LogP) is 1.35. The Bertz CT molecular complexity index is 315. The summed E-state index contributed by atoms with van der Waals surface area (Å²) in [5.41, 5.74) is 6.89. The van der Waals surface area contributed by atoms with Gasteiger partial charge in [-0.25, -0.2) is 4.39 Å². The first kappa shape index (κ1) is 8.69. The third-order valence-electron chi connectivity index (χ3n) is 1.66. The SMILES string of the molecule is N#CCc1ccc(F)cc1CN. The highest BCUT2D eigenvalue weighted by atomic mass is 19.1. The molecule has 1 rings (SSSR count). The van der Waals surface area contributed by atoms with Gasteiger partial charge in [0.05, 0.1) is 12.5 Å². The van der Waals surface area contributed by atoms with Gasteiger partial charge in [-0.15, -0.1) is 0 Å². The molecule has 2 N–H and O–H groups in total. The molecule has 0 fully saturated rings. The number of halogens is 1. The van der Waals surface area contributed by atoms with Crippen LogP contribution in [0.5, 0.6) is 0 Å². The molecule has 1 aromatic carbocycles. The Morgan fingerprint density at radius 1 is 1.42 bits per heavy atom. The van der Waals surface area contributed by atoms with Crippen molar-refractivity contribution in [1.29, 1.82) is 5.26 Å². The van der Waals surface area contributed by atoms with Crippen LogP contribution in [0.3, 0.4) is 0 Å². The van der Waals surface area contributed by atoms with Gasteiger partial charge in [-0.2, -0.15) is 5.26 Å². The fourth-order valence-electron chi connectivity index (χ4n) is 1.04. The van der Waals surface area contributed by atoms with E-state index in [0.29, 0.717) is 5.56 Å². The van der Waals surface area contributed by atoms with E-state index in [2.05, 4.69) is 0 Å². The maximum absolute atomic E-state index is 12.6. The van der Waals surface area contributed by atoms with Gasteiger partial charge in [-0.3, -0.25) is 0 Å². The second kappa shape index (κ2) is 3.84. The van der Waals surface area contributed by atoms with Crippen LogP contribution in [0.25, 0.3) is 0 Å². The molecule has 0 aliphatic rings. The molecule has 0 aliphatic carbocycles. The molecule has 0 atom stereocenters. The summed E-state index contributed by atoms with van der Waals surface area (Å²) in [6, 6.07) is 6.30. The van der Waals surface area contributed by atoms with Gasteiger partial charge in [0.15, 0.2) is 0 Å². The van der Waals surface area contributed by atoms with Crippen LogP contribution in [0.2, 0.25) is 0 Å². The summed E-state index contributed by atoms with van der Waals surface area (Å²) >= 11 is 0. The van der Waals surface area contributed by atoms with E-state index in [4.69, 9.17) is 11.0 Å². The molecular weight excluding hydrogens is 155 g/mol. The van der Waals surface area contributed by atoms with Crippen molar-refractivity contribution < 1.29 is 4.39 Å². The molecule has 0 unspecified atom stereocenters. The number of rotatable bonds is 2. The van der Waals surface area contributed by atoms with Crippen LogP contribution >= 0.6 is 0 Å². The fraction of sp³-hybridized carbons (Fsp3) is 0.222. The van der Waals surface area contributed by atoms with Gasteiger partial charge in [-0.1, -0.05) is 6.07 Å². The minimum Gasteiger partial charge on any atom is -0.326 e. The second-order valence-corrected chi connectivity index (χ2v) is 2.45. The highest BCUT2D eigenvalue weighted by Crippen LogP contribution is 2.10. The molecule has 0 aliphatic heterocycles. The summed E-state index contributed by atoms with van der Waals surface area (Å²) in [6.45, 7) is 0.273. The highest BCUT2D eigenvalue weighted by molar-refractivity contribution is 5.29. The van der Waals surface area contributed by atoms with Crippen LogP contribution in [-0.4, -0.2) is 0 Å². The first-order chi connectivity index (χ1) is 5.77. The van der Waals surface area contributed by atoms with Crippen molar-refractivity contribution in [2.75, 3.05) is 0 Å². The summed E-state index contributed by atoms with van der Waals surface area (Å²) < 4.78 is 12.6. The summed E-state index contributed by atoms with van der Waals surface area (Å²) in [7, 11) is 0. The lowest BCUT2D eigenvalue weighted by atomic mass is 10.1. The molecule has 0 bridgehead atoms. The predicted molar refractivity (Wildman–Crippen MR) is 43.6 cm³/mol. The molecule has 3 heteroatoms. The fourth-order valence-corrected chi connectivity index (χ4v) is 1.04.